The Bertz CT molecular complexity index is 463. The van der Waals surface area contributed by atoms with Gasteiger partial charge in [0.2, 0.25) is 0 Å². The molecular weight excluding hydrogens is 321 g/mol. The van der Waals surface area contributed by atoms with Gasteiger partial charge in [0, 0.05) is 5.02 Å². The van der Waals surface area contributed by atoms with Gasteiger partial charge in [0.05, 0.1) is 18.2 Å². The molecule has 1 aromatic rings. The number of ether oxygens (including phenoxy) is 2. The van der Waals surface area contributed by atoms with Crippen LogP contribution in [0, 0.1) is 6.92 Å². The molecule has 1 N–H and O–H groups in total. The van der Waals surface area contributed by atoms with Gasteiger partial charge in [0.1, 0.15) is 31.0 Å². The Morgan fingerprint density at radius 2 is 1.86 bits per heavy atom. The van der Waals surface area contributed by atoms with Crippen LogP contribution in [-0.2, 0) is 4.74 Å². The van der Waals surface area contributed by atoms with Gasteiger partial charge in [-0.2, -0.15) is 0 Å². The first-order chi connectivity index (χ1) is 10.5. The van der Waals surface area contributed by atoms with Crippen LogP contribution in [0.15, 0.2) is 12.1 Å². The zero-order chi connectivity index (χ0) is 16.1. The average Bonchev–Trinajstić information content (AvgIpc) is 2.39. The molecule has 0 spiro atoms. The molecule has 22 heavy (non-hydrogen) atoms. The summed E-state index contributed by atoms with van der Waals surface area (Å²) in [7, 11) is 0. The van der Waals surface area contributed by atoms with Crippen LogP contribution in [0.5, 0.6) is 5.75 Å². The fourth-order valence-corrected chi connectivity index (χ4v) is 3.77. The number of benzene rings is 1. The van der Waals surface area contributed by atoms with Crippen molar-refractivity contribution < 1.29 is 14.4 Å². The van der Waals surface area contributed by atoms with Crippen molar-refractivity contribution in [3.05, 3.63) is 27.7 Å². The summed E-state index contributed by atoms with van der Waals surface area (Å²) in [4.78, 5) is 1.63. The van der Waals surface area contributed by atoms with E-state index in [1.165, 1.54) is 6.54 Å². The third-order valence-electron chi connectivity index (χ3n) is 3.98. The zero-order valence-corrected chi connectivity index (χ0v) is 15.1. The van der Waals surface area contributed by atoms with Crippen LogP contribution in [0.2, 0.25) is 10.0 Å². The highest BCUT2D eigenvalue weighted by molar-refractivity contribution is 6.35. The molecule has 1 saturated heterocycles. The first kappa shape index (κ1) is 17.9. The molecular formula is C17H26Cl2NO2+. The van der Waals surface area contributed by atoms with Gasteiger partial charge in [-0.25, -0.2) is 0 Å². The van der Waals surface area contributed by atoms with E-state index in [2.05, 4.69) is 13.8 Å². The van der Waals surface area contributed by atoms with Crippen molar-refractivity contribution in [2.45, 2.75) is 45.8 Å². The summed E-state index contributed by atoms with van der Waals surface area (Å²) < 4.78 is 11.6. The average molecular weight is 347 g/mol. The molecule has 3 nitrogen and oxygen atoms in total. The summed E-state index contributed by atoms with van der Waals surface area (Å²) in [5.74, 6) is 0.757. The Hall–Kier alpha value is -0.480. The van der Waals surface area contributed by atoms with Gasteiger partial charge in [-0.05, 0) is 51.3 Å². The molecule has 0 saturated carbocycles. The van der Waals surface area contributed by atoms with Gasteiger partial charge in [-0.1, -0.05) is 23.2 Å². The minimum absolute atomic E-state index is 0.366. The first-order valence-corrected chi connectivity index (χ1v) is 8.78. The monoisotopic (exact) mass is 346 g/mol. The highest BCUT2D eigenvalue weighted by Gasteiger charge is 2.24. The van der Waals surface area contributed by atoms with Gasteiger partial charge < -0.3 is 14.4 Å². The summed E-state index contributed by atoms with van der Waals surface area (Å²) >= 11 is 12.1. The number of nitrogens with one attached hydrogen (secondary N) is 1. The van der Waals surface area contributed by atoms with Crippen molar-refractivity contribution in [2.24, 2.45) is 0 Å². The molecule has 0 radical (unpaired) electrons. The molecule has 0 aliphatic carbocycles. The highest BCUT2D eigenvalue weighted by Crippen LogP contribution is 2.31. The molecule has 124 valence electrons. The van der Waals surface area contributed by atoms with Gasteiger partial charge >= 0.3 is 0 Å². The van der Waals surface area contributed by atoms with E-state index in [1.54, 1.807) is 11.0 Å². The van der Waals surface area contributed by atoms with Crippen molar-refractivity contribution in [2.75, 3.05) is 26.2 Å². The molecule has 0 amide bonds. The minimum atomic E-state index is 0.366. The second-order valence-electron chi connectivity index (χ2n) is 6.25. The summed E-state index contributed by atoms with van der Waals surface area (Å²) in [6, 6.07) is 3.61. The second kappa shape index (κ2) is 8.39. The summed E-state index contributed by atoms with van der Waals surface area (Å²) in [5, 5.41) is 1.24. The number of hydrogen-bond donors (Lipinski definition) is 1. The van der Waals surface area contributed by atoms with Crippen LogP contribution in [0.25, 0.3) is 0 Å². The lowest BCUT2D eigenvalue weighted by atomic mass is 10.2. The van der Waals surface area contributed by atoms with E-state index in [0.29, 0.717) is 28.9 Å². The van der Waals surface area contributed by atoms with Gasteiger partial charge in [0.15, 0.2) is 0 Å². The number of halogens is 2. The molecule has 2 atom stereocenters. The lowest BCUT2D eigenvalue weighted by Crippen LogP contribution is -3.15. The SMILES string of the molecule is Cc1cc(Cl)cc(Cl)c1OCCCC[NH+]1C[C@@H](C)O[C@H](C)C1. The van der Waals surface area contributed by atoms with Crippen LogP contribution in [-0.4, -0.2) is 38.4 Å². The second-order valence-corrected chi connectivity index (χ2v) is 7.10. The summed E-state index contributed by atoms with van der Waals surface area (Å²) in [6.07, 6.45) is 2.92. The number of unbranched alkanes of at least 4 members (excludes halogenated alkanes) is 1. The maximum absolute atomic E-state index is 6.17. The van der Waals surface area contributed by atoms with Crippen molar-refractivity contribution >= 4 is 23.2 Å². The summed E-state index contributed by atoms with van der Waals surface area (Å²) in [6.45, 7) is 10.4. The Morgan fingerprint density at radius 3 is 2.50 bits per heavy atom. The van der Waals surface area contributed by atoms with Crippen LogP contribution >= 0.6 is 23.2 Å². The standard InChI is InChI=1S/C17H25Cl2NO2/c1-12-8-15(18)9-16(19)17(12)21-7-5-4-6-20-10-13(2)22-14(3)11-20/h8-9,13-14H,4-7,10-11H2,1-3H3/p+1/t13-,14-/m1/s1. The maximum Gasteiger partial charge on any atom is 0.140 e. The van der Waals surface area contributed by atoms with Crippen molar-refractivity contribution in [1.82, 2.24) is 0 Å². The Balaban J connectivity index is 1.69. The van der Waals surface area contributed by atoms with Crippen molar-refractivity contribution in [3.63, 3.8) is 0 Å². The molecule has 0 bridgehead atoms. The van der Waals surface area contributed by atoms with E-state index in [4.69, 9.17) is 32.7 Å². The van der Waals surface area contributed by atoms with Crippen LogP contribution in [0.4, 0.5) is 0 Å². The van der Waals surface area contributed by atoms with Crippen LogP contribution < -0.4 is 9.64 Å². The van der Waals surface area contributed by atoms with Gasteiger partial charge in [0.25, 0.3) is 0 Å². The smallest absolute Gasteiger partial charge is 0.140 e. The van der Waals surface area contributed by atoms with Crippen LogP contribution in [0.1, 0.15) is 32.3 Å². The predicted octanol–water partition coefficient (Wildman–Crippen LogP) is 3.15. The molecule has 0 aromatic heterocycles. The lowest BCUT2D eigenvalue weighted by molar-refractivity contribution is -0.915. The lowest BCUT2D eigenvalue weighted by Gasteiger charge is -2.32. The van der Waals surface area contributed by atoms with E-state index >= 15 is 0 Å². The molecule has 5 heteroatoms. The molecule has 1 aliphatic rings. The third-order valence-corrected chi connectivity index (χ3v) is 4.48. The molecule has 1 aromatic carbocycles. The number of quaternary nitrogens is 1. The number of rotatable bonds is 6. The molecule has 2 rings (SSSR count). The van der Waals surface area contributed by atoms with E-state index in [9.17, 15) is 0 Å². The Morgan fingerprint density at radius 1 is 1.18 bits per heavy atom. The highest BCUT2D eigenvalue weighted by atomic mass is 35.5. The fraction of sp³-hybridized carbons (Fsp3) is 0.647. The summed E-state index contributed by atoms with van der Waals surface area (Å²) in [5.41, 5.74) is 0.985. The normalized spacial score (nSPS) is 25.2. The number of aryl methyl sites for hydroxylation is 1. The molecule has 1 aliphatic heterocycles. The van der Waals surface area contributed by atoms with Crippen LogP contribution in [0.3, 0.4) is 0 Å². The molecule has 1 heterocycles. The van der Waals surface area contributed by atoms with E-state index in [0.717, 1.165) is 37.2 Å². The van der Waals surface area contributed by atoms with E-state index in [-0.39, 0.29) is 0 Å². The molecule has 0 unspecified atom stereocenters. The quantitative estimate of drug-likeness (QED) is 0.799. The van der Waals surface area contributed by atoms with Crippen molar-refractivity contribution in [1.29, 1.82) is 0 Å². The molecule has 1 fully saturated rings. The maximum atomic E-state index is 6.17. The third kappa shape index (κ3) is 5.31. The Kier molecular flexibility index (Phi) is 6.82. The number of hydrogen-bond acceptors (Lipinski definition) is 2. The number of morpholine rings is 1. The Labute approximate surface area is 143 Å². The first-order valence-electron chi connectivity index (χ1n) is 8.03. The topological polar surface area (TPSA) is 22.9 Å². The minimum Gasteiger partial charge on any atom is -0.492 e. The predicted molar refractivity (Wildman–Crippen MR) is 91.5 cm³/mol. The van der Waals surface area contributed by atoms with E-state index in [1.807, 2.05) is 13.0 Å². The fourth-order valence-electron chi connectivity index (χ4n) is 3.12. The zero-order valence-electron chi connectivity index (χ0n) is 13.6. The van der Waals surface area contributed by atoms with E-state index < -0.39 is 0 Å². The van der Waals surface area contributed by atoms with Gasteiger partial charge in [-0.3, -0.25) is 0 Å². The van der Waals surface area contributed by atoms with Crippen molar-refractivity contribution in [3.8, 4) is 5.75 Å². The largest absolute Gasteiger partial charge is 0.492 e. The van der Waals surface area contributed by atoms with Gasteiger partial charge in [-0.15, -0.1) is 0 Å².